The zero-order valence-corrected chi connectivity index (χ0v) is 10.5. The smallest absolute Gasteiger partial charge is 0.286 e. The fraction of sp³-hybridized carbons (Fsp3) is 0.0714. The number of hydrogen-bond acceptors (Lipinski definition) is 5. The van der Waals surface area contributed by atoms with Crippen molar-refractivity contribution in [1.82, 2.24) is 14.7 Å². The molecule has 0 aliphatic rings. The normalized spacial score (nSPS) is 10.6. The Bertz CT molecular complexity index is 799. The van der Waals surface area contributed by atoms with Gasteiger partial charge in [0.2, 0.25) is 0 Å². The first-order valence-corrected chi connectivity index (χ1v) is 6.08. The van der Waals surface area contributed by atoms with Crippen LogP contribution in [0, 0.1) is 0 Å². The van der Waals surface area contributed by atoms with Crippen molar-refractivity contribution in [2.75, 3.05) is 5.32 Å². The summed E-state index contributed by atoms with van der Waals surface area (Å²) in [4.78, 5) is 19.7. The van der Waals surface area contributed by atoms with Gasteiger partial charge in [0.25, 0.3) is 5.56 Å². The van der Waals surface area contributed by atoms with Gasteiger partial charge in [0, 0.05) is 36.6 Å². The average molecular weight is 268 g/mol. The summed E-state index contributed by atoms with van der Waals surface area (Å²) in [6, 6.07) is 8.68. The summed E-state index contributed by atoms with van der Waals surface area (Å²) in [5.74, 6) is 0. The van der Waals surface area contributed by atoms with Crippen LogP contribution in [-0.2, 0) is 6.54 Å². The Kier molecular flexibility index (Phi) is 3.04. The van der Waals surface area contributed by atoms with Crippen LogP contribution in [-0.4, -0.2) is 19.9 Å². The first-order valence-electron chi connectivity index (χ1n) is 6.08. The van der Waals surface area contributed by atoms with Crippen molar-refractivity contribution in [3.05, 3.63) is 64.8 Å². The van der Waals surface area contributed by atoms with Crippen LogP contribution in [0.4, 0.5) is 5.69 Å². The molecule has 0 aliphatic carbocycles. The summed E-state index contributed by atoms with van der Waals surface area (Å²) in [5, 5.41) is 13.5. The van der Waals surface area contributed by atoms with E-state index in [0.717, 1.165) is 5.56 Å². The molecule has 0 aromatic carbocycles. The molecule has 6 nitrogen and oxygen atoms in total. The number of aromatic nitrogens is 3. The molecule has 0 saturated heterocycles. The number of pyridine rings is 3. The Morgan fingerprint density at radius 1 is 1.20 bits per heavy atom. The summed E-state index contributed by atoms with van der Waals surface area (Å²) in [6.07, 6.45) is 4.95. The Morgan fingerprint density at radius 2 is 2.00 bits per heavy atom. The molecule has 20 heavy (non-hydrogen) atoms. The van der Waals surface area contributed by atoms with E-state index < -0.39 is 5.56 Å². The van der Waals surface area contributed by atoms with Gasteiger partial charge in [0.1, 0.15) is 0 Å². The molecule has 6 heteroatoms. The van der Waals surface area contributed by atoms with Crippen molar-refractivity contribution < 1.29 is 5.21 Å². The predicted molar refractivity (Wildman–Crippen MR) is 74.8 cm³/mol. The van der Waals surface area contributed by atoms with Crippen LogP contribution in [0.1, 0.15) is 5.56 Å². The van der Waals surface area contributed by atoms with Gasteiger partial charge in [-0.15, -0.1) is 4.73 Å². The molecule has 0 aliphatic heterocycles. The number of fused-ring (bicyclic) bond motifs is 1. The second-order valence-electron chi connectivity index (χ2n) is 4.29. The summed E-state index contributed by atoms with van der Waals surface area (Å²) < 4.78 is 0.549. The van der Waals surface area contributed by atoms with Gasteiger partial charge in [-0.3, -0.25) is 9.78 Å². The molecular weight excluding hydrogens is 256 g/mol. The highest BCUT2D eigenvalue weighted by Gasteiger charge is 2.08. The monoisotopic (exact) mass is 268 g/mol. The van der Waals surface area contributed by atoms with E-state index in [1.54, 1.807) is 24.5 Å². The van der Waals surface area contributed by atoms with Gasteiger partial charge in [-0.25, -0.2) is 4.98 Å². The van der Waals surface area contributed by atoms with Crippen molar-refractivity contribution in [1.29, 1.82) is 0 Å². The molecule has 0 unspecified atom stereocenters. The van der Waals surface area contributed by atoms with Gasteiger partial charge in [-0.2, -0.15) is 0 Å². The lowest BCUT2D eigenvalue weighted by atomic mass is 10.2. The van der Waals surface area contributed by atoms with E-state index in [-0.39, 0.29) is 5.65 Å². The average Bonchev–Trinajstić information content (AvgIpc) is 2.50. The molecule has 0 bridgehead atoms. The molecule has 0 amide bonds. The van der Waals surface area contributed by atoms with Crippen LogP contribution >= 0.6 is 0 Å². The van der Waals surface area contributed by atoms with Gasteiger partial charge in [-0.05, 0) is 29.8 Å². The van der Waals surface area contributed by atoms with E-state index in [0.29, 0.717) is 22.3 Å². The van der Waals surface area contributed by atoms with E-state index >= 15 is 0 Å². The third-order valence-corrected chi connectivity index (χ3v) is 2.99. The van der Waals surface area contributed by atoms with Crippen LogP contribution in [0.5, 0.6) is 0 Å². The second-order valence-corrected chi connectivity index (χ2v) is 4.29. The zero-order valence-electron chi connectivity index (χ0n) is 10.5. The van der Waals surface area contributed by atoms with Crippen molar-refractivity contribution in [2.45, 2.75) is 6.54 Å². The number of hydrogen-bond donors (Lipinski definition) is 2. The van der Waals surface area contributed by atoms with Crippen molar-refractivity contribution in [2.24, 2.45) is 0 Å². The zero-order chi connectivity index (χ0) is 13.9. The van der Waals surface area contributed by atoms with Crippen molar-refractivity contribution in [3.63, 3.8) is 0 Å². The number of rotatable bonds is 3. The number of nitrogens with zero attached hydrogens (tertiary/aromatic N) is 3. The van der Waals surface area contributed by atoms with E-state index in [4.69, 9.17) is 0 Å². The lowest BCUT2D eigenvalue weighted by molar-refractivity contribution is 0.187. The fourth-order valence-corrected chi connectivity index (χ4v) is 1.99. The van der Waals surface area contributed by atoms with Crippen LogP contribution in [0.3, 0.4) is 0 Å². The minimum absolute atomic E-state index is 0.234. The van der Waals surface area contributed by atoms with E-state index in [2.05, 4.69) is 15.3 Å². The Labute approximate surface area is 114 Å². The lowest BCUT2D eigenvalue weighted by Crippen LogP contribution is -2.19. The molecule has 2 N–H and O–H groups in total. The first-order chi connectivity index (χ1) is 9.75. The van der Waals surface area contributed by atoms with Crippen LogP contribution in [0.2, 0.25) is 0 Å². The molecule has 0 radical (unpaired) electrons. The molecule has 3 rings (SSSR count). The maximum absolute atomic E-state index is 11.7. The molecule has 0 fully saturated rings. The first kappa shape index (κ1) is 12.2. The Hall–Kier alpha value is -2.89. The minimum Gasteiger partial charge on any atom is -0.423 e. The van der Waals surface area contributed by atoms with Crippen LogP contribution < -0.4 is 10.9 Å². The Morgan fingerprint density at radius 3 is 2.80 bits per heavy atom. The third kappa shape index (κ3) is 2.18. The van der Waals surface area contributed by atoms with Crippen LogP contribution in [0.15, 0.2) is 53.7 Å². The fourth-order valence-electron chi connectivity index (χ4n) is 1.99. The third-order valence-electron chi connectivity index (χ3n) is 2.99. The van der Waals surface area contributed by atoms with Crippen molar-refractivity contribution >= 4 is 16.7 Å². The standard InChI is InChI=1S/C14H12N4O2/c19-13-8-12(17-9-10-3-6-15-7-4-10)11-2-1-5-16-14(11)18(13)20/h1-8,17,20H,9H2. The topological polar surface area (TPSA) is 80.0 Å². The quantitative estimate of drug-likeness (QED) is 0.706. The highest BCUT2D eigenvalue weighted by Crippen LogP contribution is 2.19. The highest BCUT2D eigenvalue weighted by atomic mass is 16.5. The molecule has 3 heterocycles. The van der Waals surface area contributed by atoms with E-state index in [1.807, 2.05) is 12.1 Å². The number of nitrogens with one attached hydrogen (secondary N) is 1. The minimum atomic E-state index is -0.520. The summed E-state index contributed by atoms with van der Waals surface area (Å²) in [5.41, 5.74) is 1.40. The number of anilines is 1. The molecular formula is C14H12N4O2. The molecule has 3 aromatic rings. The molecule has 0 saturated carbocycles. The maximum atomic E-state index is 11.7. The maximum Gasteiger partial charge on any atom is 0.286 e. The SMILES string of the molecule is O=c1cc(NCc2ccncc2)c2cccnc2n1O. The molecule has 100 valence electrons. The van der Waals surface area contributed by atoms with Gasteiger partial charge < -0.3 is 10.5 Å². The van der Waals surface area contributed by atoms with Gasteiger partial charge in [0.15, 0.2) is 5.65 Å². The summed E-state index contributed by atoms with van der Waals surface area (Å²) >= 11 is 0. The van der Waals surface area contributed by atoms with Gasteiger partial charge in [-0.1, -0.05) is 0 Å². The van der Waals surface area contributed by atoms with Crippen LogP contribution in [0.25, 0.3) is 11.0 Å². The Balaban J connectivity index is 2.00. The highest BCUT2D eigenvalue weighted by molar-refractivity contribution is 5.88. The molecule has 0 atom stereocenters. The largest absolute Gasteiger partial charge is 0.423 e. The lowest BCUT2D eigenvalue weighted by Gasteiger charge is -2.10. The van der Waals surface area contributed by atoms with Gasteiger partial charge >= 0.3 is 0 Å². The summed E-state index contributed by atoms with van der Waals surface area (Å²) in [7, 11) is 0. The molecule has 3 aromatic heterocycles. The predicted octanol–water partition coefficient (Wildman–Crippen LogP) is 1.64. The summed E-state index contributed by atoms with van der Waals surface area (Å²) in [6.45, 7) is 0.557. The second kappa shape index (κ2) is 5.00. The van der Waals surface area contributed by atoms with Gasteiger partial charge in [0.05, 0.1) is 5.69 Å². The molecule has 0 spiro atoms. The van der Waals surface area contributed by atoms with Crippen molar-refractivity contribution in [3.8, 4) is 0 Å². The van der Waals surface area contributed by atoms with E-state index in [9.17, 15) is 10.0 Å². The van der Waals surface area contributed by atoms with E-state index in [1.165, 1.54) is 12.3 Å².